The Labute approximate surface area is 249 Å². The van der Waals surface area contributed by atoms with Gasteiger partial charge in [-0.1, -0.05) is 61.7 Å². The van der Waals surface area contributed by atoms with Gasteiger partial charge in [-0.15, -0.1) is 0 Å². The standard InChI is InChI=1S/C35H43N2O5/c1-37(2,3)25-27-15-17-29(18-16-27)34(38)41-22-12-7-5-6-11-21-36-32-20-19-31(42-26-28-13-9-8-10-14-28)23-30(32)24-33(36)35(39)40-4/h8-10,13-20,23-24H,5-7,11-12,21-22,25-26H2,1-4H3/q+1. The van der Waals surface area contributed by atoms with Crippen LogP contribution < -0.4 is 4.74 Å². The van der Waals surface area contributed by atoms with Gasteiger partial charge in [0, 0.05) is 23.0 Å². The number of rotatable bonds is 15. The maximum atomic E-state index is 12.5. The van der Waals surface area contributed by atoms with Crippen LogP contribution in [-0.4, -0.2) is 55.8 Å². The summed E-state index contributed by atoms with van der Waals surface area (Å²) in [6.07, 6.45) is 4.78. The van der Waals surface area contributed by atoms with Gasteiger partial charge in [-0.3, -0.25) is 0 Å². The molecule has 0 fully saturated rings. The Morgan fingerprint density at radius 3 is 2.19 bits per heavy atom. The Hall–Kier alpha value is -4.10. The molecule has 0 saturated carbocycles. The van der Waals surface area contributed by atoms with E-state index in [0.29, 0.717) is 24.5 Å². The minimum absolute atomic E-state index is 0.268. The number of carbonyl (C=O) groups excluding carboxylic acids is 2. The van der Waals surface area contributed by atoms with Crippen molar-refractivity contribution in [3.05, 3.63) is 101 Å². The fraction of sp³-hybridized carbons (Fsp3) is 0.371. The van der Waals surface area contributed by atoms with Crippen molar-refractivity contribution in [2.24, 2.45) is 0 Å². The molecule has 0 N–H and O–H groups in total. The van der Waals surface area contributed by atoms with E-state index in [-0.39, 0.29) is 11.9 Å². The first-order valence-electron chi connectivity index (χ1n) is 14.7. The number of quaternary nitrogens is 1. The molecule has 222 valence electrons. The predicted molar refractivity (Wildman–Crippen MR) is 166 cm³/mol. The lowest BCUT2D eigenvalue weighted by molar-refractivity contribution is -0.884. The van der Waals surface area contributed by atoms with Crippen molar-refractivity contribution < 1.29 is 28.3 Å². The van der Waals surface area contributed by atoms with E-state index in [0.717, 1.165) is 71.9 Å². The largest absolute Gasteiger partial charge is 0.489 e. The minimum Gasteiger partial charge on any atom is -0.489 e. The number of aryl methyl sites for hydroxylation is 1. The molecule has 1 aromatic heterocycles. The average Bonchev–Trinajstić information content (AvgIpc) is 3.34. The Balaban J connectivity index is 1.21. The minimum atomic E-state index is -0.345. The molecule has 1 heterocycles. The van der Waals surface area contributed by atoms with Gasteiger partial charge in [-0.05, 0) is 54.8 Å². The molecule has 0 aliphatic heterocycles. The van der Waals surface area contributed by atoms with Gasteiger partial charge in [0.1, 0.15) is 24.6 Å². The topological polar surface area (TPSA) is 66.8 Å². The highest BCUT2D eigenvalue weighted by Gasteiger charge is 2.17. The SMILES string of the molecule is COC(=O)c1cc2cc(OCc3ccccc3)ccc2n1CCCCCCCOC(=O)c1ccc(C[N+](C)(C)C)cc1. The van der Waals surface area contributed by atoms with E-state index < -0.39 is 0 Å². The molecule has 42 heavy (non-hydrogen) atoms. The van der Waals surface area contributed by atoms with Crippen LogP contribution in [0.3, 0.4) is 0 Å². The third-order valence-corrected chi connectivity index (χ3v) is 7.12. The van der Waals surface area contributed by atoms with Crippen LogP contribution in [0.1, 0.15) is 64.1 Å². The second-order valence-electron chi connectivity index (χ2n) is 11.7. The summed E-state index contributed by atoms with van der Waals surface area (Å²) in [6.45, 7) is 2.53. The second-order valence-corrected chi connectivity index (χ2v) is 11.7. The van der Waals surface area contributed by atoms with E-state index in [9.17, 15) is 9.59 Å². The zero-order valence-corrected chi connectivity index (χ0v) is 25.3. The van der Waals surface area contributed by atoms with Gasteiger partial charge in [0.05, 0.1) is 40.4 Å². The third kappa shape index (κ3) is 8.95. The summed E-state index contributed by atoms with van der Waals surface area (Å²) in [5.41, 5.74) is 4.42. The van der Waals surface area contributed by atoms with Gasteiger partial charge in [-0.2, -0.15) is 0 Å². The highest BCUT2D eigenvalue weighted by molar-refractivity contribution is 5.96. The molecular formula is C35H43N2O5+. The number of unbranched alkanes of at least 4 members (excludes halogenated alkanes) is 4. The van der Waals surface area contributed by atoms with Gasteiger partial charge in [0.2, 0.25) is 0 Å². The maximum Gasteiger partial charge on any atom is 0.354 e. The van der Waals surface area contributed by atoms with Gasteiger partial charge in [0.15, 0.2) is 0 Å². The Bertz CT molecular complexity index is 1450. The molecule has 0 saturated heterocycles. The van der Waals surface area contributed by atoms with E-state index in [4.69, 9.17) is 14.2 Å². The van der Waals surface area contributed by atoms with Crippen LogP contribution in [0.25, 0.3) is 10.9 Å². The first kappa shape index (κ1) is 30.8. The quantitative estimate of drug-likeness (QED) is 0.0872. The van der Waals surface area contributed by atoms with Gasteiger partial charge >= 0.3 is 11.9 Å². The Morgan fingerprint density at radius 1 is 0.762 bits per heavy atom. The van der Waals surface area contributed by atoms with Crippen LogP contribution in [0.2, 0.25) is 0 Å². The lowest BCUT2D eigenvalue weighted by atomic mass is 10.1. The molecule has 3 aromatic carbocycles. The lowest BCUT2D eigenvalue weighted by Gasteiger charge is -2.23. The van der Waals surface area contributed by atoms with Crippen LogP contribution in [0, 0.1) is 0 Å². The van der Waals surface area contributed by atoms with Gasteiger partial charge in [-0.25, -0.2) is 9.59 Å². The molecule has 4 rings (SSSR count). The molecule has 0 aliphatic rings. The maximum absolute atomic E-state index is 12.5. The molecule has 0 aliphatic carbocycles. The lowest BCUT2D eigenvalue weighted by Crippen LogP contribution is -2.33. The predicted octanol–water partition coefficient (Wildman–Crippen LogP) is 7.02. The van der Waals surface area contributed by atoms with Crippen molar-refractivity contribution in [1.29, 1.82) is 0 Å². The summed E-state index contributed by atoms with van der Waals surface area (Å²) >= 11 is 0. The summed E-state index contributed by atoms with van der Waals surface area (Å²) < 4.78 is 19.4. The van der Waals surface area contributed by atoms with Crippen LogP contribution in [0.4, 0.5) is 0 Å². The van der Waals surface area contributed by atoms with Crippen molar-refractivity contribution in [1.82, 2.24) is 4.57 Å². The summed E-state index contributed by atoms with van der Waals surface area (Å²) in [5, 5.41) is 0.950. The third-order valence-electron chi connectivity index (χ3n) is 7.12. The van der Waals surface area contributed by atoms with Gasteiger partial charge in [0.25, 0.3) is 0 Å². The van der Waals surface area contributed by atoms with E-state index in [1.54, 1.807) is 0 Å². The van der Waals surface area contributed by atoms with E-state index in [1.807, 2.05) is 83.4 Å². The first-order valence-corrected chi connectivity index (χ1v) is 14.7. The highest BCUT2D eigenvalue weighted by Crippen LogP contribution is 2.27. The number of esters is 2. The van der Waals surface area contributed by atoms with Crippen LogP contribution in [-0.2, 0) is 29.2 Å². The second kappa shape index (κ2) is 14.7. The number of ether oxygens (including phenoxy) is 3. The monoisotopic (exact) mass is 571 g/mol. The summed E-state index contributed by atoms with van der Waals surface area (Å²) in [7, 11) is 7.84. The van der Waals surface area contributed by atoms with E-state index >= 15 is 0 Å². The molecule has 0 atom stereocenters. The molecule has 0 bridgehead atoms. The molecule has 0 amide bonds. The number of hydrogen-bond acceptors (Lipinski definition) is 5. The number of benzene rings is 3. The number of nitrogens with zero attached hydrogens (tertiary/aromatic N) is 2. The fourth-order valence-corrected chi connectivity index (χ4v) is 5.04. The zero-order valence-electron chi connectivity index (χ0n) is 25.3. The average molecular weight is 572 g/mol. The summed E-state index contributed by atoms with van der Waals surface area (Å²) in [6, 6.07) is 25.5. The highest BCUT2D eigenvalue weighted by atomic mass is 16.5. The Kier molecular flexibility index (Phi) is 10.8. The van der Waals surface area contributed by atoms with Crippen LogP contribution >= 0.6 is 0 Å². The molecule has 7 heteroatoms. The van der Waals surface area contributed by atoms with Gasteiger partial charge < -0.3 is 23.3 Å². The molecule has 0 unspecified atom stereocenters. The summed E-state index contributed by atoms with van der Waals surface area (Å²) in [4.78, 5) is 24.9. The molecule has 0 spiro atoms. The van der Waals surface area contributed by atoms with Crippen LogP contribution in [0.15, 0.2) is 78.9 Å². The number of aromatic nitrogens is 1. The van der Waals surface area contributed by atoms with Crippen molar-refractivity contribution >= 4 is 22.8 Å². The van der Waals surface area contributed by atoms with Crippen molar-refractivity contribution in [2.75, 3.05) is 34.9 Å². The van der Waals surface area contributed by atoms with E-state index in [1.165, 1.54) is 12.7 Å². The van der Waals surface area contributed by atoms with Crippen molar-refractivity contribution in [3.8, 4) is 5.75 Å². The van der Waals surface area contributed by atoms with Crippen molar-refractivity contribution in [2.45, 2.75) is 51.8 Å². The number of carbonyl (C=O) groups is 2. The van der Waals surface area contributed by atoms with Crippen LogP contribution in [0.5, 0.6) is 5.75 Å². The smallest absolute Gasteiger partial charge is 0.354 e. The normalized spacial score (nSPS) is 11.4. The van der Waals surface area contributed by atoms with E-state index in [2.05, 4.69) is 21.1 Å². The summed E-state index contributed by atoms with van der Waals surface area (Å²) in [5.74, 6) is 0.149. The molecule has 7 nitrogen and oxygen atoms in total. The number of hydrogen-bond donors (Lipinski definition) is 0. The van der Waals surface area contributed by atoms with Crippen molar-refractivity contribution in [3.63, 3.8) is 0 Å². The first-order chi connectivity index (χ1) is 20.2. The number of methoxy groups -OCH3 is 1. The molecule has 4 aromatic rings. The fourth-order valence-electron chi connectivity index (χ4n) is 5.04. The molecular weight excluding hydrogens is 528 g/mol. The molecule has 0 radical (unpaired) electrons. The zero-order chi connectivity index (χ0) is 30.0. The number of fused-ring (bicyclic) bond motifs is 1. The Morgan fingerprint density at radius 2 is 1.48 bits per heavy atom.